The number of hydrogen-bond acceptors (Lipinski definition) is 6. The van der Waals surface area contributed by atoms with Crippen molar-refractivity contribution in [2.24, 2.45) is 5.73 Å². The topological polar surface area (TPSA) is 82.6 Å². The van der Waals surface area contributed by atoms with Crippen LogP contribution in [0, 0.1) is 0 Å². The van der Waals surface area contributed by atoms with Gasteiger partial charge < -0.3 is 24.7 Å². The molecule has 1 aromatic carbocycles. The number of fused-ring (bicyclic) bond motifs is 2. The number of carbonyl (C=O) groups is 1. The molecule has 2 aliphatic rings. The zero-order valence-electron chi connectivity index (χ0n) is 16.2. The van der Waals surface area contributed by atoms with Gasteiger partial charge in [0.05, 0.1) is 29.3 Å². The van der Waals surface area contributed by atoms with Crippen LogP contribution in [0.5, 0.6) is 5.75 Å². The fraction of sp³-hybridized carbons (Fsp3) is 0.429. The number of ether oxygens (including phenoxy) is 2. The normalized spacial score (nSPS) is 17.4. The van der Waals surface area contributed by atoms with E-state index in [9.17, 15) is 4.79 Å². The highest BCUT2D eigenvalue weighted by molar-refractivity contribution is 7.15. The number of nitrogens with zero attached hydrogens (tertiary/aromatic N) is 3. The number of carbonyl (C=O) groups excluding carboxylic acids is 1. The largest absolute Gasteiger partial charge is 0.490 e. The van der Waals surface area contributed by atoms with E-state index < -0.39 is 0 Å². The van der Waals surface area contributed by atoms with Gasteiger partial charge in [-0.1, -0.05) is 17.4 Å². The second-order valence-corrected chi connectivity index (χ2v) is 8.63. The van der Waals surface area contributed by atoms with E-state index in [1.54, 1.807) is 11.3 Å². The molecule has 29 heavy (non-hydrogen) atoms. The molecular weight excluding hydrogens is 388 g/mol. The van der Waals surface area contributed by atoms with E-state index in [-0.39, 0.29) is 18.6 Å². The highest BCUT2D eigenvalue weighted by Gasteiger charge is 2.25. The summed E-state index contributed by atoms with van der Waals surface area (Å²) < 4.78 is 13.8. The molecule has 0 bridgehead atoms. The lowest BCUT2D eigenvalue weighted by Crippen LogP contribution is -2.38. The van der Waals surface area contributed by atoms with Crippen LogP contribution < -0.4 is 15.4 Å². The summed E-state index contributed by atoms with van der Waals surface area (Å²) in [6.45, 7) is 3.53. The second kappa shape index (κ2) is 7.68. The summed E-state index contributed by atoms with van der Waals surface area (Å²) in [6, 6.07) is 7.94. The van der Waals surface area contributed by atoms with E-state index in [1.165, 1.54) is 10.6 Å². The Morgan fingerprint density at radius 3 is 2.97 bits per heavy atom. The van der Waals surface area contributed by atoms with Gasteiger partial charge in [-0.15, -0.1) is 0 Å². The Labute approximate surface area is 173 Å². The third-order valence-electron chi connectivity index (χ3n) is 5.59. The number of piperidine rings is 1. The molecule has 0 spiro atoms. The van der Waals surface area contributed by atoms with Crippen LogP contribution in [0.4, 0.5) is 5.13 Å². The van der Waals surface area contributed by atoms with E-state index >= 15 is 0 Å². The smallest absolute Gasteiger partial charge is 0.237 e. The van der Waals surface area contributed by atoms with Crippen LogP contribution in [0.15, 0.2) is 30.5 Å². The molecule has 2 aromatic heterocycles. The molecule has 4 heterocycles. The molecule has 1 amide bonds. The van der Waals surface area contributed by atoms with Crippen molar-refractivity contribution in [3.05, 3.63) is 41.0 Å². The van der Waals surface area contributed by atoms with Gasteiger partial charge in [0.2, 0.25) is 5.91 Å². The van der Waals surface area contributed by atoms with Crippen LogP contribution in [0.2, 0.25) is 0 Å². The molecule has 0 unspecified atom stereocenters. The number of nitrogens with two attached hydrogens (primary N) is 1. The van der Waals surface area contributed by atoms with E-state index in [0.29, 0.717) is 6.61 Å². The maximum Gasteiger partial charge on any atom is 0.237 e. The number of aromatic nitrogens is 2. The van der Waals surface area contributed by atoms with Crippen LogP contribution >= 0.6 is 11.3 Å². The highest BCUT2D eigenvalue weighted by atomic mass is 32.1. The molecule has 0 radical (unpaired) electrons. The summed E-state index contributed by atoms with van der Waals surface area (Å²) >= 11 is 1.76. The first-order valence-electron chi connectivity index (χ1n) is 10.0. The number of hydrogen-bond donors (Lipinski definition) is 1. The monoisotopic (exact) mass is 412 g/mol. The molecule has 1 fully saturated rings. The minimum absolute atomic E-state index is 0.175. The Morgan fingerprint density at radius 1 is 1.31 bits per heavy atom. The van der Waals surface area contributed by atoms with Gasteiger partial charge in [-0.05, 0) is 18.2 Å². The summed E-state index contributed by atoms with van der Waals surface area (Å²) in [5, 5.41) is 2.13. The van der Waals surface area contributed by atoms with Crippen molar-refractivity contribution in [1.29, 1.82) is 0 Å². The predicted molar refractivity (Wildman–Crippen MR) is 112 cm³/mol. The predicted octanol–water partition coefficient (Wildman–Crippen LogP) is 2.70. The number of rotatable bonds is 5. The molecule has 2 aliphatic heterocycles. The Hall–Kier alpha value is -2.58. The van der Waals surface area contributed by atoms with Crippen molar-refractivity contribution in [3.8, 4) is 5.75 Å². The SMILES string of the molecule is NC(=O)Cn1ccc2c(OC3CCN(c4nc5c(s4)COCC5)CC3)cccc21. The Bertz CT molecular complexity index is 1010. The summed E-state index contributed by atoms with van der Waals surface area (Å²) in [7, 11) is 0. The molecular formula is C21H24N4O3S. The average Bonchev–Trinajstić information content (AvgIpc) is 3.33. The lowest BCUT2D eigenvalue weighted by atomic mass is 10.1. The first kappa shape index (κ1) is 18.4. The van der Waals surface area contributed by atoms with Crippen LogP contribution in [0.1, 0.15) is 23.4 Å². The van der Waals surface area contributed by atoms with Gasteiger partial charge >= 0.3 is 0 Å². The number of amides is 1. The van der Waals surface area contributed by atoms with Gasteiger partial charge in [0.15, 0.2) is 5.13 Å². The Morgan fingerprint density at radius 2 is 2.17 bits per heavy atom. The van der Waals surface area contributed by atoms with Gasteiger partial charge in [0.25, 0.3) is 0 Å². The number of thiazole rings is 1. The van der Waals surface area contributed by atoms with Crippen molar-refractivity contribution < 1.29 is 14.3 Å². The minimum Gasteiger partial charge on any atom is -0.490 e. The van der Waals surface area contributed by atoms with Gasteiger partial charge in [0, 0.05) is 43.9 Å². The molecule has 0 saturated carbocycles. The van der Waals surface area contributed by atoms with Crippen LogP contribution in [-0.4, -0.2) is 41.3 Å². The molecule has 5 rings (SSSR count). The average molecular weight is 413 g/mol. The second-order valence-electron chi connectivity index (χ2n) is 7.57. The van der Waals surface area contributed by atoms with Crippen molar-refractivity contribution in [2.45, 2.75) is 38.5 Å². The van der Waals surface area contributed by atoms with E-state index in [2.05, 4.69) is 4.90 Å². The fourth-order valence-corrected chi connectivity index (χ4v) is 5.19. The standard InChI is InChI=1S/C21H24N4O3S/c22-20(26)12-25-10-6-15-17(25)2-1-3-18(15)28-14-4-8-24(9-5-14)21-23-16-7-11-27-13-19(16)29-21/h1-3,6,10,14H,4-5,7-9,11-13H2,(H2,22,26). The van der Waals surface area contributed by atoms with Crippen LogP contribution in [0.3, 0.4) is 0 Å². The summed E-state index contributed by atoms with van der Waals surface area (Å²) in [6.07, 6.45) is 4.90. The Balaban J connectivity index is 1.25. The van der Waals surface area contributed by atoms with E-state index in [1.807, 2.05) is 35.0 Å². The maximum atomic E-state index is 11.3. The number of anilines is 1. The molecule has 152 valence electrons. The molecule has 8 heteroatoms. The quantitative estimate of drug-likeness (QED) is 0.697. The number of primary amides is 1. The molecule has 1 saturated heterocycles. The van der Waals surface area contributed by atoms with Gasteiger partial charge in [0.1, 0.15) is 18.4 Å². The van der Waals surface area contributed by atoms with Gasteiger partial charge in [-0.2, -0.15) is 0 Å². The lowest BCUT2D eigenvalue weighted by molar-refractivity contribution is -0.118. The van der Waals surface area contributed by atoms with Gasteiger partial charge in [-0.25, -0.2) is 4.98 Å². The molecule has 7 nitrogen and oxygen atoms in total. The summed E-state index contributed by atoms with van der Waals surface area (Å²) in [5.41, 5.74) is 7.53. The zero-order chi connectivity index (χ0) is 19.8. The molecule has 2 N–H and O–H groups in total. The van der Waals surface area contributed by atoms with Crippen molar-refractivity contribution in [3.63, 3.8) is 0 Å². The molecule has 3 aromatic rings. The number of benzene rings is 1. The third-order valence-corrected chi connectivity index (χ3v) is 6.72. The maximum absolute atomic E-state index is 11.3. The van der Waals surface area contributed by atoms with E-state index in [0.717, 1.165) is 60.7 Å². The fourth-order valence-electron chi connectivity index (χ4n) is 4.10. The van der Waals surface area contributed by atoms with Crippen molar-refractivity contribution >= 4 is 33.3 Å². The molecule has 0 aliphatic carbocycles. The van der Waals surface area contributed by atoms with Crippen LogP contribution in [0.25, 0.3) is 10.9 Å². The lowest BCUT2D eigenvalue weighted by Gasteiger charge is -2.32. The summed E-state index contributed by atoms with van der Waals surface area (Å²) in [5.74, 6) is 0.516. The first-order valence-corrected chi connectivity index (χ1v) is 10.8. The van der Waals surface area contributed by atoms with Crippen molar-refractivity contribution in [2.75, 3.05) is 24.6 Å². The minimum atomic E-state index is -0.350. The molecule has 0 atom stereocenters. The highest BCUT2D eigenvalue weighted by Crippen LogP contribution is 2.33. The first-order chi connectivity index (χ1) is 14.2. The van der Waals surface area contributed by atoms with Gasteiger partial charge in [-0.3, -0.25) is 4.79 Å². The zero-order valence-corrected chi connectivity index (χ0v) is 17.0. The van der Waals surface area contributed by atoms with Crippen molar-refractivity contribution in [1.82, 2.24) is 9.55 Å². The van der Waals surface area contributed by atoms with Crippen LogP contribution in [-0.2, 0) is 29.1 Å². The van der Waals surface area contributed by atoms with E-state index in [4.69, 9.17) is 20.2 Å². The Kier molecular flexibility index (Phi) is 4.89. The summed E-state index contributed by atoms with van der Waals surface area (Å²) in [4.78, 5) is 19.8. The third kappa shape index (κ3) is 3.70.